The highest BCUT2D eigenvalue weighted by molar-refractivity contribution is 5.65. The molecule has 64 valence electrons. The van der Waals surface area contributed by atoms with Gasteiger partial charge in [-0.25, -0.2) is 4.39 Å². The lowest BCUT2D eigenvalue weighted by Crippen LogP contribution is -2.20. The molecule has 0 bridgehead atoms. The Morgan fingerprint density at radius 1 is 1.42 bits per heavy atom. The monoisotopic (exact) mass is 166 g/mol. The SMILES string of the molecule is CCC(F)(C=O)c1ccccc1. The Morgan fingerprint density at radius 2 is 2.00 bits per heavy atom. The van der Waals surface area contributed by atoms with Crippen LogP contribution in [-0.2, 0) is 10.5 Å². The summed E-state index contributed by atoms with van der Waals surface area (Å²) < 4.78 is 13.6. The van der Waals surface area contributed by atoms with Crippen LogP contribution in [0.3, 0.4) is 0 Å². The lowest BCUT2D eigenvalue weighted by Gasteiger charge is -2.16. The number of alkyl halides is 1. The van der Waals surface area contributed by atoms with Crippen molar-refractivity contribution in [3.63, 3.8) is 0 Å². The van der Waals surface area contributed by atoms with Crippen LogP contribution in [0.15, 0.2) is 30.3 Å². The fourth-order valence-corrected chi connectivity index (χ4v) is 1.07. The van der Waals surface area contributed by atoms with Crippen molar-refractivity contribution in [1.29, 1.82) is 0 Å². The average Bonchev–Trinajstić information content (AvgIpc) is 2.18. The van der Waals surface area contributed by atoms with Gasteiger partial charge in [0.1, 0.15) is 0 Å². The molecule has 0 N–H and O–H groups in total. The lowest BCUT2D eigenvalue weighted by molar-refractivity contribution is -0.118. The molecule has 1 aromatic carbocycles. The molecule has 0 aliphatic rings. The first kappa shape index (κ1) is 8.91. The third-order valence-electron chi connectivity index (χ3n) is 1.96. The maximum atomic E-state index is 13.6. The second kappa shape index (κ2) is 3.48. The summed E-state index contributed by atoms with van der Waals surface area (Å²) >= 11 is 0. The van der Waals surface area contributed by atoms with Crippen LogP contribution in [0.2, 0.25) is 0 Å². The van der Waals surface area contributed by atoms with Gasteiger partial charge >= 0.3 is 0 Å². The molecule has 2 heteroatoms. The van der Waals surface area contributed by atoms with Crippen LogP contribution in [0.5, 0.6) is 0 Å². The first-order valence-electron chi connectivity index (χ1n) is 3.93. The fourth-order valence-electron chi connectivity index (χ4n) is 1.07. The standard InChI is InChI=1S/C10H11FO/c1-2-10(11,8-12)9-6-4-3-5-7-9/h3-8H,2H2,1H3. The van der Waals surface area contributed by atoms with Crippen molar-refractivity contribution in [2.75, 3.05) is 0 Å². The summed E-state index contributed by atoms with van der Waals surface area (Å²) in [6, 6.07) is 8.49. The molecule has 1 aromatic rings. The highest BCUT2D eigenvalue weighted by Crippen LogP contribution is 2.26. The molecule has 1 rings (SSSR count). The van der Waals surface area contributed by atoms with E-state index in [1.165, 1.54) is 0 Å². The van der Waals surface area contributed by atoms with E-state index >= 15 is 0 Å². The molecule has 0 spiro atoms. The van der Waals surface area contributed by atoms with E-state index in [-0.39, 0.29) is 6.42 Å². The van der Waals surface area contributed by atoms with Gasteiger partial charge in [-0.2, -0.15) is 0 Å². The third-order valence-corrected chi connectivity index (χ3v) is 1.96. The van der Waals surface area contributed by atoms with Crippen molar-refractivity contribution in [2.24, 2.45) is 0 Å². The summed E-state index contributed by atoms with van der Waals surface area (Å²) in [6.45, 7) is 1.65. The van der Waals surface area contributed by atoms with Gasteiger partial charge in [0.15, 0.2) is 12.0 Å². The van der Waals surface area contributed by atoms with Gasteiger partial charge in [0.25, 0.3) is 0 Å². The molecule has 0 fully saturated rings. The second-order valence-corrected chi connectivity index (χ2v) is 2.70. The van der Waals surface area contributed by atoms with E-state index in [9.17, 15) is 9.18 Å². The zero-order chi connectivity index (χ0) is 9.03. The summed E-state index contributed by atoms with van der Waals surface area (Å²) in [7, 11) is 0. The maximum Gasteiger partial charge on any atom is 0.190 e. The number of hydrogen-bond donors (Lipinski definition) is 0. The van der Waals surface area contributed by atoms with E-state index in [0.717, 1.165) is 0 Å². The van der Waals surface area contributed by atoms with Crippen molar-refractivity contribution in [1.82, 2.24) is 0 Å². The molecule has 0 saturated carbocycles. The lowest BCUT2D eigenvalue weighted by atomic mass is 9.95. The molecule has 0 aromatic heterocycles. The Morgan fingerprint density at radius 3 is 2.42 bits per heavy atom. The maximum absolute atomic E-state index is 13.6. The van der Waals surface area contributed by atoms with Crippen LogP contribution < -0.4 is 0 Å². The van der Waals surface area contributed by atoms with Gasteiger partial charge in [-0.05, 0) is 12.0 Å². The first-order chi connectivity index (χ1) is 5.73. The van der Waals surface area contributed by atoms with E-state index in [2.05, 4.69) is 0 Å². The third kappa shape index (κ3) is 1.52. The molecule has 0 aliphatic carbocycles. The molecule has 0 amide bonds. The van der Waals surface area contributed by atoms with Crippen LogP contribution in [0.25, 0.3) is 0 Å². The Labute approximate surface area is 71.2 Å². The van der Waals surface area contributed by atoms with Crippen molar-refractivity contribution >= 4 is 6.29 Å². The van der Waals surface area contributed by atoms with E-state index in [4.69, 9.17) is 0 Å². The summed E-state index contributed by atoms with van der Waals surface area (Å²) in [4.78, 5) is 10.5. The second-order valence-electron chi connectivity index (χ2n) is 2.70. The molecule has 0 aliphatic heterocycles. The number of benzene rings is 1. The van der Waals surface area contributed by atoms with E-state index in [0.29, 0.717) is 11.8 Å². The number of rotatable bonds is 3. The van der Waals surface area contributed by atoms with Gasteiger partial charge in [-0.3, -0.25) is 4.79 Å². The molecule has 12 heavy (non-hydrogen) atoms. The minimum atomic E-state index is -1.80. The quantitative estimate of drug-likeness (QED) is 0.630. The summed E-state index contributed by atoms with van der Waals surface area (Å²) in [5.74, 6) is 0. The van der Waals surface area contributed by atoms with Crippen LogP contribution >= 0.6 is 0 Å². The van der Waals surface area contributed by atoms with Crippen LogP contribution in [-0.4, -0.2) is 6.29 Å². The zero-order valence-corrected chi connectivity index (χ0v) is 6.96. The average molecular weight is 166 g/mol. The molecule has 1 unspecified atom stereocenters. The summed E-state index contributed by atoms with van der Waals surface area (Å²) in [5, 5.41) is 0. The van der Waals surface area contributed by atoms with Crippen molar-refractivity contribution in [2.45, 2.75) is 19.0 Å². The van der Waals surface area contributed by atoms with Gasteiger partial charge in [-0.1, -0.05) is 37.3 Å². The minimum Gasteiger partial charge on any atom is -0.299 e. The molecule has 0 radical (unpaired) electrons. The van der Waals surface area contributed by atoms with E-state index in [1.54, 1.807) is 37.3 Å². The van der Waals surface area contributed by atoms with Gasteiger partial charge in [0, 0.05) is 0 Å². The number of carbonyl (C=O) groups excluding carboxylic acids is 1. The van der Waals surface area contributed by atoms with Crippen molar-refractivity contribution in [3.8, 4) is 0 Å². The Bertz CT molecular complexity index is 258. The fraction of sp³-hybridized carbons (Fsp3) is 0.300. The van der Waals surface area contributed by atoms with Crippen molar-refractivity contribution in [3.05, 3.63) is 35.9 Å². The van der Waals surface area contributed by atoms with Gasteiger partial charge in [0.05, 0.1) is 0 Å². The van der Waals surface area contributed by atoms with Gasteiger partial charge in [-0.15, -0.1) is 0 Å². The minimum absolute atomic E-state index is 0.181. The van der Waals surface area contributed by atoms with Gasteiger partial charge < -0.3 is 0 Å². The molecule has 1 atom stereocenters. The molecule has 0 heterocycles. The predicted octanol–water partition coefficient (Wildman–Crippen LogP) is 2.46. The van der Waals surface area contributed by atoms with E-state index < -0.39 is 5.67 Å². The van der Waals surface area contributed by atoms with E-state index in [1.807, 2.05) is 0 Å². The number of carbonyl (C=O) groups is 1. The number of aldehydes is 1. The highest BCUT2D eigenvalue weighted by Gasteiger charge is 2.28. The Kier molecular flexibility index (Phi) is 2.58. The van der Waals surface area contributed by atoms with Crippen LogP contribution in [0.4, 0.5) is 4.39 Å². The Hall–Kier alpha value is -1.18. The topological polar surface area (TPSA) is 17.1 Å². The van der Waals surface area contributed by atoms with Crippen LogP contribution in [0, 0.1) is 0 Å². The van der Waals surface area contributed by atoms with Crippen LogP contribution in [0.1, 0.15) is 18.9 Å². The normalized spacial score (nSPS) is 15.2. The molecule has 1 nitrogen and oxygen atoms in total. The Balaban J connectivity index is 3.03. The number of hydrogen-bond acceptors (Lipinski definition) is 1. The predicted molar refractivity (Wildman–Crippen MR) is 45.6 cm³/mol. The summed E-state index contributed by atoms with van der Waals surface area (Å²) in [5.41, 5.74) is -1.37. The highest BCUT2D eigenvalue weighted by atomic mass is 19.1. The van der Waals surface area contributed by atoms with Gasteiger partial charge in [0.2, 0.25) is 0 Å². The summed E-state index contributed by atoms with van der Waals surface area (Å²) in [6.07, 6.45) is 0.544. The smallest absolute Gasteiger partial charge is 0.190 e. The zero-order valence-electron chi connectivity index (χ0n) is 6.96. The molecular formula is C10H11FO. The molecule has 0 saturated heterocycles. The number of halogens is 1. The van der Waals surface area contributed by atoms with Crippen molar-refractivity contribution < 1.29 is 9.18 Å². The largest absolute Gasteiger partial charge is 0.299 e. The first-order valence-corrected chi connectivity index (χ1v) is 3.93. The molecular weight excluding hydrogens is 155 g/mol.